The average molecular weight is 259 g/mol. The Balaban J connectivity index is 2.41. The molecule has 1 atom stereocenters. The van der Waals surface area contributed by atoms with Gasteiger partial charge in [0.1, 0.15) is 0 Å². The van der Waals surface area contributed by atoms with E-state index in [1.165, 1.54) is 5.56 Å². The largest absolute Gasteiger partial charge is 0.308 e. The van der Waals surface area contributed by atoms with E-state index >= 15 is 0 Å². The first kappa shape index (κ1) is 13.7. The van der Waals surface area contributed by atoms with E-state index in [4.69, 9.17) is 0 Å². The molecule has 1 N–H and O–H groups in total. The van der Waals surface area contributed by atoms with E-state index in [0.29, 0.717) is 0 Å². The summed E-state index contributed by atoms with van der Waals surface area (Å²) >= 11 is 0. The van der Waals surface area contributed by atoms with E-state index in [1.807, 2.05) is 37.8 Å². The molecule has 0 fully saturated rings. The molecule has 2 heterocycles. The van der Waals surface area contributed by atoms with Crippen molar-refractivity contribution >= 4 is 0 Å². The molecule has 0 amide bonds. The van der Waals surface area contributed by atoms with Crippen molar-refractivity contribution in [3.8, 4) is 0 Å². The van der Waals surface area contributed by atoms with Crippen molar-refractivity contribution in [2.75, 3.05) is 7.05 Å². The van der Waals surface area contributed by atoms with E-state index in [-0.39, 0.29) is 6.04 Å². The maximum Gasteiger partial charge on any atom is 0.0802 e. The van der Waals surface area contributed by atoms with Crippen LogP contribution in [0.3, 0.4) is 0 Å². The number of pyridine rings is 1. The number of aromatic nitrogens is 4. The average Bonchev–Trinajstić information content (AvgIpc) is 2.82. The molecule has 0 spiro atoms. The summed E-state index contributed by atoms with van der Waals surface area (Å²) in [4.78, 5) is 4.54. The first-order valence-corrected chi connectivity index (χ1v) is 6.67. The zero-order chi connectivity index (χ0) is 13.8. The van der Waals surface area contributed by atoms with Gasteiger partial charge in [0.05, 0.1) is 17.9 Å². The highest BCUT2D eigenvalue weighted by atomic mass is 15.4. The van der Waals surface area contributed by atoms with E-state index in [9.17, 15) is 0 Å². The number of nitrogens with one attached hydrogen (secondary N) is 1. The quantitative estimate of drug-likeness (QED) is 0.892. The number of nitrogens with zero attached hydrogens (tertiary/aromatic N) is 4. The summed E-state index contributed by atoms with van der Waals surface area (Å²) in [5.41, 5.74) is 4.34. The second kappa shape index (κ2) is 5.93. The third kappa shape index (κ3) is 2.81. The Morgan fingerprint density at radius 2 is 2.11 bits per heavy atom. The van der Waals surface area contributed by atoms with Crippen molar-refractivity contribution < 1.29 is 0 Å². The molecule has 19 heavy (non-hydrogen) atoms. The van der Waals surface area contributed by atoms with Gasteiger partial charge < -0.3 is 5.32 Å². The number of aryl methyl sites for hydroxylation is 3. The molecule has 5 heteroatoms. The van der Waals surface area contributed by atoms with Gasteiger partial charge in [0.25, 0.3) is 0 Å². The van der Waals surface area contributed by atoms with Gasteiger partial charge >= 0.3 is 0 Å². The molecule has 0 bridgehead atoms. The fourth-order valence-electron chi connectivity index (χ4n) is 2.34. The SMILES string of the molecule is CCCn1nncc1C(NC)c1ccc(C)nc1C. The van der Waals surface area contributed by atoms with Crippen LogP contribution in [-0.2, 0) is 6.54 Å². The Morgan fingerprint density at radius 1 is 1.32 bits per heavy atom. The third-order valence-corrected chi connectivity index (χ3v) is 3.24. The lowest BCUT2D eigenvalue weighted by atomic mass is 10.0. The van der Waals surface area contributed by atoms with E-state index < -0.39 is 0 Å². The predicted molar refractivity (Wildman–Crippen MR) is 74.9 cm³/mol. The normalized spacial score (nSPS) is 12.6. The summed E-state index contributed by atoms with van der Waals surface area (Å²) in [5.74, 6) is 0. The van der Waals surface area contributed by atoms with Gasteiger partial charge in [-0.2, -0.15) is 0 Å². The molecule has 0 saturated heterocycles. The lowest BCUT2D eigenvalue weighted by Gasteiger charge is -2.19. The molecular formula is C14H21N5. The van der Waals surface area contributed by atoms with Crippen LogP contribution < -0.4 is 5.32 Å². The molecule has 0 saturated carbocycles. The van der Waals surface area contributed by atoms with Gasteiger partial charge in [-0.3, -0.25) is 4.98 Å². The van der Waals surface area contributed by atoms with Crippen molar-refractivity contribution in [1.82, 2.24) is 25.3 Å². The van der Waals surface area contributed by atoms with Crippen molar-refractivity contribution in [2.45, 2.75) is 39.8 Å². The Kier molecular flexibility index (Phi) is 4.27. The zero-order valence-corrected chi connectivity index (χ0v) is 12.0. The summed E-state index contributed by atoms with van der Waals surface area (Å²) in [6.45, 7) is 7.07. The van der Waals surface area contributed by atoms with E-state index in [1.54, 1.807) is 0 Å². The summed E-state index contributed by atoms with van der Waals surface area (Å²) in [6.07, 6.45) is 2.87. The first-order valence-electron chi connectivity index (χ1n) is 6.67. The number of hydrogen-bond donors (Lipinski definition) is 1. The van der Waals surface area contributed by atoms with Crippen LogP contribution >= 0.6 is 0 Å². The van der Waals surface area contributed by atoms with Gasteiger partial charge in [0.15, 0.2) is 0 Å². The van der Waals surface area contributed by atoms with Crippen LogP contribution in [0.25, 0.3) is 0 Å². The molecule has 2 aromatic rings. The smallest absolute Gasteiger partial charge is 0.0802 e. The van der Waals surface area contributed by atoms with Crippen molar-refractivity contribution in [3.05, 3.63) is 41.0 Å². The van der Waals surface area contributed by atoms with Crippen molar-refractivity contribution in [1.29, 1.82) is 0 Å². The molecule has 102 valence electrons. The van der Waals surface area contributed by atoms with Gasteiger partial charge in [-0.1, -0.05) is 18.2 Å². The highest BCUT2D eigenvalue weighted by Crippen LogP contribution is 2.23. The second-order valence-electron chi connectivity index (χ2n) is 4.73. The van der Waals surface area contributed by atoms with Gasteiger partial charge in [-0.05, 0) is 38.9 Å². The third-order valence-electron chi connectivity index (χ3n) is 3.24. The van der Waals surface area contributed by atoms with Crippen LogP contribution in [0, 0.1) is 13.8 Å². The maximum atomic E-state index is 4.54. The monoisotopic (exact) mass is 259 g/mol. The summed E-state index contributed by atoms with van der Waals surface area (Å²) in [5, 5.41) is 11.5. The summed E-state index contributed by atoms with van der Waals surface area (Å²) in [7, 11) is 1.95. The number of hydrogen-bond acceptors (Lipinski definition) is 4. The van der Waals surface area contributed by atoms with Crippen LogP contribution in [0.1, 0.15) is 42.0 Å². The fraction of sp³-hybridized carbons (Fsp3) is 0.500. The Labute approximate surface area is 114 Å². The van der Waals surface area contributed by atoms with Gasteiger partial charge in [0, 0.05) is 17.9 Å². The Hall–Kier alpha value is -1.75. The summed E-state index contributed by atoms with van der Waals surface area (Å²) in [6, 6.07) is 4.25. The topological polar surface area (TPSA) is 55.6 Å². The molecule has 0 aromatic carbocycles. The first-order chi connectivity index (χ1) is 9.17. The van der Waals surface area contributed by atoms with E-state index in [2.05, 4.69) is 33.6 Å². The highest BCUT2D eigenvalue weighted by Gasteiger charge is 2.19. The molecule has 0 radical (unpaired) electrons. The lowest BCUT2D eigenvalue weighted by molar-refractivity contribution is 0.522. The predicted octanol–water partition coefficient (Wildman–Crippen LogP) is 2.01. The van der Waals surface area contributed by atoms with E-state index in [0.717, 1.165) is 30.0 Å². The van der Waals surface area contributed by atoms with Crippen LogP contribution in [0.5, 0.6) is 0 Å². The molecule has 0 aliphatic carbocycles. The highest BCUT2D eigenvalue weighted by molar-refractivity contribution is 5.30. The standard InChI is InChI=1S/C14H21N5/c1-5-8-19-13(9-16-18-19)14(15-4)12-7-6-10(2)17-11(12)3/h6-7,9,14-15H,5,8H2,1-4H3. The van der Waals surface area contributed by atoms with Gasteiger partial charge in [-0.25, -0.2) is 4.68 Å². The molecule has 0 aliphatic rings. The molecular weight excluding hydrogens is 238 g/mol. The van der Waals surface area contributed by atoms with Gasteiger partial charge in [-0.15, -0.1) is 5.10 Å². The van der Waals surface area contributed by atoms with Gasteiger partial charge in [0.2, 0.25) is 0 Å². The van der Waals surface area contributed by atoms with Crippen LogP contribution in [0.2, 0.25) is 0 Å². The van der Waals surface area contributed by atoms with Crippen molar-refractivity contribution in [2.24, 2.45) is 0 Å². The maximum absolute atomic E-state index is 4.54. The fourth-order valence-corrected chi connectivity index (χ4v) is 2.34. The minimum absolute atomic E-state index is 0.0784. The zero-order valence-electron chi connectivity index (χ0n) is 12.0. The van der Waals surface area contributed by atoms with Crippen molar-refractivity contribution in [3.63, 3.8) is 0 Å². The molecule has 1 unspecified atom stereocenters. The molecule has 5 nitrogen and oxygen atoms in total. The van der Waals surface area contributed by atoms with Crippen LogP contribution in [0.15, 0.2) is 18.3 Å². The molecule has 0 aliphatic heterocycles. The number of rotatable bonds is 5. The molecule has 2 rings (SSSR count). The lowest BCUT2D eigenvalue weighted by Crippen LogP contribution is -2.23. The minimum atomic E-state index is 0.0784. The summed E-state index contributed by atoms with van der Waals surface area (Å²) < 4.78 is 1.96. The van der Waals surface area contributed by atoms with Crippen LogP contribution in [-0.4, -0.2) is 27.0 Å². The Morgan fingerprint density at radius 3 is 2.74 bits per heavy atom. The van der Waals surface area contributed by atoms with Crippen LogP contribution in [0.4, 0.5) is 0 Å². The Bertz CT molecular complexity index is 547. The second-order valence-corrected chi connectivity index (χ2v) is 4.73. The molecule has 2 aromatic heterocycles. The minimum Gasteiger partial charge on any atom is -0.308 e.